The van der Waals surface area contributed by atoms with Crippen molar-refractivity contribution in [3.63, 3.8) is 0 Å². The number of carbonyl (C=O) groups is 2. The SMILES string of the molecule is COc1cccc(OC)c1-c1c(C(CCN2CCCCC2)CC(N)=O)c(C(N)=O)nn1C1CCCC1. The van der Waals surface area contributed by atoms with Gasteiger partial charge in [-0.1, -0.05) is 25.3 Å². The quantitative estimate of drug-likeness (QED) is 0.488. The van der Waals surface area contributed by atoms with E-state index in [1.807, 2.05) is 22.9 Å². The standard InChI is InChI=1S/C27H39N5O4/c1-35-20-11-8-12-21(36-2)24(20)26-23(25(27(29)34)30-32(26)19-9-4-5-10-19)18(17-22(28)33)13-16-31-14-6-3-7-15-31/h8,11-12,18-19H,3-7,9-10,13-17H2,1-2H3,(H2,28,33)(H2,29,34). The zero-order chi connectivity index (χ0) is 25.7. The Morgan fingerprint density at radius 1 is 1.03 bits per heavy atom. The van der Waals surface area contributed by atoms with Crippen molar-refractivity contribution < 1.29 is 19.1 Å². The van der Waals surface area contributed by atoms with Crippen LogP contribution in [0.4, 0.5) is 0 Å². The Bertz CT molecular complexity index is 1050. The molecule has 1 saturated carbocycles. The lowest BCUT2D eigenvalue weighted by Gasteiger charge is -2.28. The molecule has 0 spiro atoms. The Morgan fingerprint density at radius 2 is 1.67 bits per heavy atom. The van der Waals surface area contributed by atoms with E-state index in [0.29, 0.717) is 23.5 Å². The summed E-state index contributed by atoms with van der Waals surface area (Å²) in [5.74, 6) is -0.115. The number of aromatic nitrogens is 2. The van der Waals surface area contributed by atoms with Crippen LogP contribution in [-0.4, -0.2) is 60.3 Å². The van der Waals surface area contributed by atoms with Crippen molar-refractivity contribution in [2.75, 3.05) is 33.9 Å². The second-order valence-corrected chi connectivity index (χ2v) is 9.95. The molecule has 1 aliphatic carbocycles. The second-order valence-electron chi connectivity index (χ2n) is 9.95. The van der Waals surface area contributed by atoms with Crippen molar-refractivity contribution in [1.82, 2.24) is 14.7 Å². The first-order valence-electron chi connectivity index (χ1n) is 13.1. The Balaban J connectivity index is 1.91. The maximum Gasteiger partial charge on any atom is 0.269 e. The Labute approximate surface area is 213 Å². The van der Waals surface area contributed by atoms with E-state index < -0.39 is 11.8 Å². The Hall–Kier alpha value is -3.07. The summed E-state index contributed by atoms with van der Waals surface area (Å²) in [6.45, 7) is 2.90. The topological polar surface area (TPSA) is 126 Å². The van der Waals surface area contributed by atoms with Gasteiger partial charge in [0.1, 0.15) is 11.5 Å². The van der Waals surface area contributed by atoms with Gasteiger partial charge in [0.15, 0.2) is 5.69 Å². The van der Waals surface area contributed by atoms with Gasteiger partial charge in [-0.25, -0.2) is 0 Å². The van der Waals surface area contributed by atoms with Crippen LogP contribution in [0.25, 0.3) is 11.3 Å². The van der Waals surface area contributed by atoms with Crippen LogP contribution in [0.1, 0.15) is 85.8 Å². The minimum Gasteiger partial charge on any atom is -0.496 e. The van der Waals surface area contributed by atoms with Gasteiger partial charge in [0, 0.05) is 12.0 Å². The normalized spacial score (nSPS) is 17.7. The zero-order valence-corrected chi connectivity index (χ0v) is 21.5. The monoisotopic (exact) mass is 497 g/mol. The number of likely N-dealkylation sites (tertiary alicyclic amines) is 1. The minimum atomic E-state index is -0.607. The lowest BCUT2D eigenvalue weighted by molar-refractivity contribution is -0.118. The number of hydrogen-bond donors (Lipinski definition) is 2. The maximum absolute atomic E-state index is 12.8. The van der Waals surface area contributed by atoms with Gasteiger partial charge in [-0.05, 0) is 69.8 Å². The first-order valence-corrected chi connectivity index (χ1v) is 13.1. The molecule has 2 aliphatic rings. The number of ether oxygens (including phenoxy) is 2. The summed E-state index contributed by atoms with van der Waals surface area (Å²) in [5, 5.41) is 4.81. The van der Waals surface area contributed by atoms with E-state index in [9.17, 15) is 9.59 Å². The number of carbonyl (C=O) groups excluding carboxylic acids is 2. The average molecular weight is 498 g/mol. The number of amides is 2. The van der Waals surface area contributed by atoms with Crippen LogP contribution >= 0.6 is 0 Å². The van der Waals surface area contributed by atoms with Gasteiger partial charge in [0.25, 0.3) is 5.91 Å². The first kappa shape index (κ1) is 26.0. The smallest absolute Gasteiger partial charge is 0.269 e. The molecule has 1 atom stereocenters. The summed E-state index contributed by atoms with van der Waals surface area (Å²) < 4.78 is 13.5. The van der Waals surface area contributed by atoms with E-state index in [1.165, 1.54) is 19.3 Å². The van der Waals surface area contributed by atoms with E-state index in [-0.39, 0.29) is 24.1 Å². The van der Waals surface area contributed by atoms with Crippen molar-refractivity contribution in [2.45, 2.75) is 69.7 Å². The highest BCUT2D eigenvalue weighted by Gasteiger charge is 2.35. The molecule has 1 saturated heterocycles. The highest BCUT2D eigenvalue weighted by Crippen LogP contribution is 2.47. The number of piperidine rings is 1. The number of hydrogen-bond acceptors (Lipinski definition) is 6. The van der Waals surface area contributed by atoms with Crippen LogP contribution in [0.5, 0.6) is 11.5 Å². The summed E-state index contributed by atoms with van der Waals surface area (Å²) in [5.41, 5.74) is 14.0. The van der Waals surface area contributed by atoms with Gasteiger partial charge < -0.3 is 25.8 Å². The molecule has 4 N–H and O–H groups in total. The van der Waals surface area contributed by atoms with Crippen molar-refractivity contribution >= 4 is 11.8 Å². The van der Waals surface area contributed by atoms with Crippen LogP contribution in [0.15, 0.2) is 18.2 Å². The zero-order valence-electron chi connectivity index (χ0n) is 21.5. The van der Waals surface area contributed by atoms with Gasteiger partial charge in [0.2, 0.25) is 5.91 Å². The lowest BCUT2D eigenvalue weighted by atomic mass is 9.87. The lowest BCUT2D eigenvalue weighted by Crippen LogP contribution is -2.32. The average Bonchev–Trinajstić information content (AvgIpc) is 3.54. The van der Waals surface area contributed by atoms with Crippen molar-refractivity contribution in [2.24, 2.45) is 11.5 Å². The fourth-order valence-corrected chi connectivity index (χ4v) is 5.88. The van der Waals surface area contributed by atoms with E-state index in [0.717, 1.165) is 56.6 Å². The highest BCUT2D eigenvalue weighted by molar-refractivity contribution is 5.96. The number of nitrogens with two attached hydrogens (primary N) is 2. The first-order chi connectivity index (χ1) is 17.4. The molecule has 196 valence electrons. The van der Waals surface area contributed by atoms with Gasteiger partial charge in [-0.3, -0.25) is 14.3 Å². The molecular weight excluding hydrogens is 458 g/mol. The Morgan fingerprint density at radius 3 is 2.22 bits per heavy atom. The second kappa shape index (κ2) is 11.8. The molecule has 0 radical (unpaired) electrons. The molecule has 2 heterocycles. The summed E-state index contributed by atoms with van der Waals surface area (Å²) in [7, 11) is 3.22. The number of primary amides is 2. The number of methoxy groups -OCH3 is 2. The third-order valence-corrected chi connectivity index (χ3v) is 7.61. The van der Waals surface area contributed by atoms with Crippen molar-refractivity contribution in [3.8, 4) is 22.8 Å². The predicted molar refractivity (Wildman–Crippen MR) is 138 cm³/mol. The van der Waals surface area contributed by atoms with E-state index in [2.05, 4.69) is 4.90 Å². The van der Waals surface area contributed by atoms with Gasteiger partial charge in [-0.2, -0.15) is 5.10 Å². The molecular formula is C27H39N5O4. The molecule has 2 aromatic rings. The van der Waals surface area contributed by atoms with Crippen molar-refractivity contribution in [3.05, 3.63) is 29.5 Å². The number of benzene rings is 1. The molecule has 9 nitrogen and oxygen atoms in total. The highest BCUT2D eigenvalue weighted by atomic mass is 16.5. The molecule has 4 rings (SSSR count). The molecule has 36 heavy (non-hydrogen) atoms. The van der Waals surface area contributed by atoms with Crippen LogP contribution in [0.2, 0.25) is 0 Å². The van der Waals surface area contributed by atoms with E-state index in [4.69, 9.17) is 26.0 Å². The fraction of sp³-hybridized carbons (Fsp3) is 0.593. The molecule has 2 amide bonds. The molecule has 9 heteroatoms. The molecule has 2 fully saturated rings. The Kier molecular flexibility index (Phi) is 8.51. The summed E-state index contributed by atoms with van der Waals surface area (Å²) in [6.07, 6.45) is 8.47. The molecule has 1 aromatic carbocycles. The van der Waals surface area contributed by atoms with Crippen LogP contribution in [0, 0.1) is 0 Å². The van der Waals surface area contributed by atoms with Gasteiger partial charge >= 0.3 is 0 Å². The maximum atomic E-state index is 12.8. The largest absolute Gasteiger partial charge is 0.496 e. The third kappa shape index (κ3) is 5.51. The van der Waals surface area contributed by atoms with Gasteiger partial charge in [-0.15, -0.1) is 0 Å². The summed E-state index contributed by atoms with van der Waals surface area (Å²) in [4.78, 5) is 27.5. The molecule has 1 aromatic heterocycles. The van der Waals surface area contributed by atoms with E-state index >= 15 is 0 Å². The van der Waals surface area contributed by atoms with Crippen molar-refractivity contribution in [1.29, 1.82) is 0 Å². The predicted octanol–water partition coefficient (Wildman–Crippen LogP) is 3.62. The minimum absolute atomic E-state index is 0.106. The summed E-state index contributed by atoms with van der Waals surface area (Å²) in [6, 6.07) is 5.73. The van der Waals surface area contributed by atoms with Crippen LogP contribution < -0.4 is 20.9 Å². The van der Waals surface area contributed by atoms with Crippen LogP contribution in [-0.2, 0) is 4.79 Å². The number of rotatable bonds is 11. The molecule has 1 unspecified atom stereocenters. The number of nitrogens with zero attached hydrogens (tertiary/aromatic N) is 3. The molecule has 1 aliphatic heterocycles. The molecule has 0 bridgehead atoms. The van der Waals surface area contributed by atoms with E-state index in [1.54, 1.807) is 14.2 Å². The van der Waals surface area contributed by atoms with Crippen LogP contribution in [0.3, 0.4) is 0 Å². The summed E-state index contributed by atoms with van der Waals surface area (Å²) >= 11 is 0. The third-order valence-electron chi connectivity index (χ3n) is 7.61. The van der Waals surface area contributed by atoms with Gasteiger partial charge in [0.05, 0.1) is 31.5 Å². The fourth-order valence-electron chi connectivity index (χ4n) is 5.88.